The van der Waals surface area contributed by atoms with E-state index in [1.165, 1.54) is 110 Å². The number of amides is 2. The van der Waals surface area contributed by atoms with E-state index in [4.69, 9.17) is 14.6 Å². The van der Waals surface area contributed by atoms with Crippen molar-refractivity contribution in [2.24, 2.45) is 5.92 Å². The second kappa shape index (κ2) is 33.5. The number of rotatable bonds is 37. The van der Waals surface area contributed by atoms with Gasteiger partial charge in [0.1, 0.15) is 30.4 Å². The molecule has 0 aliphatic carbocycles. The molecule has 2 amide bonds. The maximum Gasteiger partial charge on any atom is 0.326 e. The summed E-state index contributed by atoms with van der Waals surface area (Å²) in [6.07, 6.45) is 22.2. The van der Waals surface area contributed by atoms with E-state index >= 15 is 0 Å². The van der Waals surface area contributed by atoms with Gasteiger partial charge in [-0.2, -0.15) is 0 Å². The van der Waals surface area contributed by atoms with Crippen molar-refractivity contribution in [2.75, 3.05) is 6.61 Å². The molecule has 334 valence electrons. The smallest absolute Gasteiger partial charge is 0.326 e. The molecule has 0 bridgehead atoms. The number of aliphatic carboxylic acids is 2. The minimum absolute atomic E-state index is 0.365. The van der Waals surface area contributed by atoms with Gasteiger partial charge in [-0.25, -0.2) is 4.79 Å². The first-order chi connectivity index (χ1) is 27.4. The second-order valence-electron chi connectivity index (χ2n) is 16.5. The normalized spacial score (nSPS) is 20.6. The van der Waals surface area contributed by atoms with Crippen molar-refractivity contribution in [1.82, 2.24) is 10.6 Å². The summed E-state index contributed by atoms with van der Waals surface area (Å²) in [4.78, 5) is 50.5. The lowest BCUT2D eigenvalue weighted by atomic mass is 9.92. The quantitative estimate of drug-likeness (QED) is 0.0304. The van der Waals surface area contributed by atoms with E-state index in [1.807, 2.05) is 0 Å². The average molecular weight is 815 g/mol. The van der Waals surface area contributed by atoms with Crippen LogP contribution in [0.1, 0.15) is 201 Å². The van der Waals surface area contributed by atoms with Crippen molar-refractivity contribution in [3.63, 3.8) is 0 Å². The minimum Gasteiger partial charge on any atom is -0.481 e. The molecule has 13 heteroatoms. The number of hydrogen-bond acceptors (Lipinski definition) is 9. The molecule has 0 unspecified atom stereocenters. The third-order valence-corrected chi connectivity index (χ3v) is 11.3. The van der Waals surface area contributed by atoms with Gasteiger partial charge in [-0.3, -0.25) is 14.4 Å². The summed E-state index contributed by atoms with van der Waals surface area (Å²) in [6.45, 7) is 5.41. The van der Waals surface area contributed by atoms with E-state index in [0.717, 1.165) is 51.4 Å². The lowest BCUT2D eigenvalue weighted by Crippen LogP contribution is -2.59. The molecular weight excluding hydrogens is 732 g/mol. The number of aliphatic hydroxyl groups excluding tert-OH is 3. The number of nitrogens with one attached hydrogen (secondary N) is 2. The molecule has 1 rings (SSSR count). The molecule has 1 heterocycles. The van der Waals surface area contributed by atoms with Crippen LogP contribution >= 0.6 is 0 Å². The highest BCUT2D eigenvalue weighted by Gasteiger charge is 2.43. The van der Waals surface area contributed by atoms with E-state index < -0.39 is 73.7 Å². The molecule has 0 aromatic rings. The van der Waals surface area contributed by atoms with Crippen molar-refractivity contribution in [3.05, 3.63) is 0 Å². The highest BCUT2D eigenvalue weighted by atomic mass is 16.7. The third-order valence-electron chi connectivity index (χ3n) is 11.3. The van der Waals surface area contributed by atoms with Crippen molar-refractivity contribution >= 4 is 23.8 Å². The van der Waals surface area contributed by atoms with Gasteiger partial charge >= 0.3 is 11.9 Å². The number of carboxylic acid groups (broad SMARTS) is 2. The lowest BCUT2D eigenvalue weighted by Gasteiger charge is -2.39. The summed E-state index contributed by atoms with van der Waals surface area (Å²) in [5.74, 6) is -4.29. The largest absolute Gasteiger partial charge is 0.481 e. The van der Waals surface area contributed by atoms with Crippen LogP contribution in [0.3, 0.4) is 0 Å². The van der Waals surface area contributed by atoms with E-state index in [0.29, 0.717) is 12.8 Å². The highest BCUT2D eigenvalue weighted by Crippen LogP contribution is 2.23. The molecule has 1 saturated heterocycles. The Morgan fingerprint density at radius 3 is 1.35 bits per heavy atom. The van der Waals surface area contributed by atoms with Gasteiger partial charge in [-0.05, 0) is 26.2 Å². The van der Waals surface area contributed by atoms with Crippen LogP contribution in [0, 0.1) is 5.92 Å². The summed E-state index contributed by atoms with van der Waals surface area (Å²) in [7, 11) is 0. The molecule has 1 aliphatic rings. The molecule has 0 radical (unpaired) electrons. The zero-order chi connectivity index (χ0) is 42.3. The second-order valence-corrected chi connectivity index (χ2v) is 16.5. The van der Waals surface area contributed by atoms with Crippen LogP contribution in [0.5, 0.6) is 0 Å². The van der Waals surface area contributed by atoms with Gasteiger partial charge in [0.15, 0.2) is 6.29 Å². The Balaban J connectivity index is 2.89. The number of carboxylic acids is 2. The van der Waals surface area contributed by atoms with Crippen molar-refractivity contribution < 1.29 is 54.2 Å². The van der Waals surface area contributed by atoms with Gasteiger partial charge in [0, 0.05) is 12.3 Å². The standard InChI is InChI=1S/C44H82N2O11/c1-4-6-8-10-12-14-16-18-20-22-24-26-28-34(29-27-25-23-21-19-17-15-13-11-9-7-5-2)41(52)46-36(42(53)45-35(43(54)55)30-31-37(47)48)32-56-44-40(51)39(50)38(49)33(3)57-44/h33-36,38-40,44,49-51H,4-32H2,1-3H3,(H,45,53)(H,46,52)(H,47,48)(H,54,55)/t33-,35-,36+,38+,39+,40-,44-/m0/s1. The van der Waals surface area contributed by atoms with E-state index in [9.17, 15) is 39.6 Å². The first-order valence-corrected chi connectivity index (χ1v) is 22.8. The minimum atomic E-state index is -1.65. The summed E-state index contributed by atoms with van der Waals surface area (Å²) >= 11 is 0. The van der Waals surface area contributed by atoms with Crippen molar-refractivity contribution in [2.45, 2.75) is 243 Å². The number of unbranched alkanes of at least 4 members (excludes halogenated alkanes) is 22. The molecule has 7 atom stereocenters. The van der Waals surface area contributed by atoms with Crippen LogP contribution in [0.4, 0.5) is 0 Å². The molecular formula is C44H82N2O11. The van der Waals surface area contributed by atoms with Crippen LogP contribution in [0.2, 0.25) is 0 Å². The molecule has 1 aliphatic heterocycles. The lowest BCUT2D eigenvalue weighted by molar-refractivity contribution is -0.293. The van der Waals surface area contributed by atoms with Crippen LogP contribution in [-0.4, -0.2) is 98.7 Å². The van der Waals surface area contributed by atoms with Crippen LogP contribution in [-0.2, 0) is 28.7 Å². The predicted molar refractivity (Wildman–Crippen MR) is 222 cm³/mol. The van der Waals surface area contributed by atoms with Crippen LogP contribution in [0.15, 0.2) is 0 Å². The summed E-state index contributed by atoms with van der Waals surface area (Å²) in [6, 6.07) is -2.94. The number of aliphatic hydroxyl groups is 3. The molecule has 1 fully saturated rings. The van der Waals surface area contributed by atoms with Gasteiger partial charge < -0.3 is 45.6 Å². The van der Waals surface area contributed by atoms with Gasteiger partial charge in [0.25, 0.3) is 0 Å². The Morgan fingerprint density at radius 1 is 0.544 bits per heavy atom. The van der Waals surface area contributed by atoms with Crippen molar-refractivity contribution in [1.29, 1.82) is 0 Å². The molecule has 0 saturated carbocycles. The first-order valence-electron chi connectivity index (χ1n) is 22.8. The molecule has 0 spiro atoms. The number of ether oxygens (including phenoxy) is 2. The maximum atomic E-state index is 13.9. The summed E-state index contributed by atoms with van der Waals surface area (Å²) in [5, 5.41) is 54.7. The van der Waals surface area contributed by atoms with E-state index in [2.05, 4.69) is 24.5 Å². The fourth-order valence-electron chi connectivity index (χ4n) is 7.48. The Bertz CT molecular complexity index is 1040. The average Bonchev–Trinajstić information content (AvgIpc) is 3.18. The number of carbonyl (C=O) groups excluding carboxylic acids is 2. The highest BCUT2D eigenvalue weighted by molar-refractivity contribution is 5.91. The topological polar surface area (TPSA) is 212 Å². The fraction of sp³-hybridized carbons (Fsp3) is 0.909. The van der Waals surface area contributed by atoms with Gasteiger partial charge in [0.2, 0.25) is 11.8 Å². The number of carbonyl (C=O) groups is 4. The van der Waals surface area contributed by atoms with Crippen LogP contribution < -0.4 is 10.6 Å². The first kappa shape index (κ1) is 52.7. The van der Waals surface area contributed by atoms with Crippen LogP contribution in [0.25, 0.3) is 0 Å². The third kappa shape index (κ3) is 25.0. The van der Waals surface area contributed by atoms with Crippen molar-refractivity contribution in [3.8, 4) is 0 Å². The molecule has 7 N–H and O–H groups in total. The van der Waals surface area contributed by atoms with Gasteiger partial charge in [-0.1, -0.05) is 168 Å². The molecule has 0 aromatic carbocycles. The van der Waals surface area contributed by atoms with E-state index in [1.54, 1.807) is 0 Å². The Labute approximate surface area is 343 Å². The predicted octanol–water partition coefficient (Wildman–Crippen LogP) is 7.55. The monoisotopic (exact) mass is 815 g/mol. The summed E-state index contributed by atoms with van der Waals surface area (Å²) < 4.78 is 11.2. The molecule has 0 aromatic heterocycles. The van der Waals surface area contributed by atoms with E-state index in [-0.39, 0.29) is 18.2 Å². The Hall–Kier alpha value is -2.32. The maximum absolute atomic E-state index is 13.9. The zero-order valence-corrected chi connectivity index (χ0v) is 35.8. The van der Waals surface area contributed by atoms with Gasteiger partial charge in [-0.15, -0.1) is 0 Å². The fourth-order valence-corrected chi connectivity index (χ4v) is 7.48. The zero-order valence-electron chi connectivity index (χ0n) is 35.8. The number of hydrogen-bond donors (Lipinski definition) is 7. The van der Waals surface area contributed by atoms with Gasteiger partial charge in [0.05, 0.1) is 12.7 Å². The molecule has 57 heavy (non-hydrogen) atoms. The Kier molecular flexibility index (Phi) is 31.0. The Morgan fingerprint density at radius 2 is 0.947 bits per heavy atom. The molecule has 13 nitrogen and oxygen atoms in total. The summed E-state index contributed by atoms with van der Waals surface area (Å²) in [5.41, 5.74) is 0. The SMILES string of the molecule is CCCCCCCCCCCCCCC(CCCCCCCCCCCCCC)C(=O)N[C@H](CO[C@H]1O[C@@H](C)[C@@H](O)[C@@H](O)[C@@H]1O)C(=O)N[C@@H](CCC(=O)O)C(=O)O.